The second-order valence-electron chi connectivity index (χ2n) is 7.34. The van der Waals surface area contributed by atoms with E-state index in [2.05, 4.69) is 21.2 Å². The zero-order valence-electron chi connectivity index (χ0n) is 14.9. The van der Waals surface area contributed by atoms with E-state index in [1.807, 2.05) is 63.2 Å². The first-order valence-electron chi connectivity index (χ1n) is 8.38. The molecule has 3 rings (SSSR count). The second-order valence-corrected chi connectivity index (χ2v) is 8.54. The molecule has 0 bridgehead atoms. The first-order valence-corrected chi connectivity index (χ1v) is 9.56. The molecular formula is C20H21BrClNO3. The Bertz CT molecular complexity index is 820. The second kappa shape index (κ2) is 7.12. The van der Waals surface area contributed by atoms with Gasteiger partial charge >= 0.3 is 6.09 Å². The van der Waals surface area contributed by atoms with Gasteiger partial charge in [0.1, 0.15) is 11.4 Å². The van der Waals surface area contributed by atoms with Crippen LogP contribution in [-0.2, 0) is 16.8 Å². The highest BCUT2D eigenvalue weighted by Gasteiger charge is 2.43. The first kappa shape index (κ1) is 19.1. The Balaban J connectivity index is 1.89. The van der Waals surface area contributed by atoms with Crippen LogP contribution in [0.4, 0.5) is 4.79 Å². The average Bonchev–Trinajstić information content (AvgIpc) is 2.97. The van der Waals surface area contributed by atoms with Crippen molar-refractivity contribution in [3.63, 3.8) is 0 Å². The van der Waals surface area contributed by atoms with E-state index in [9.17, 15) is 4.79 Å². The van der Waals surface area contributed by atoms with E-state index in [-0.39, 0.29) is 6.54 Å². The van der Waals surface area contributed by atoms with Crippen molar-refractivity contribution in [1.29, 1.82) is 0 Å². The van der Waals surface area contributed by atoms with Gasteiger partial charge in [0.15, 0.2) is 5.60 Å². The van der Waals surface area contributed by atoms with Crippen LogP contribution in [0.1, 0.15) is 31.9 Å². The molecule has 1 aliphatic rings. The number of carbonyl (C=O) groups is 1. The molecule has 1 heterocycles. The molecule has 1 atom stereocenters. The maximum Gasteiger partial charge on any atom is 0.407 e. The molecule has 26 heavy (non-hydrogen) atoms. The summed E-state index contributed by atoms with van der Waals surface area (Å²) in [7, 11) is 0. The number of rotatable bonds is 3. The lowest BCUT2D eigenvalue weighted by molar-refractivity contribution is 0.0413. The number of fused-ring (bicyclic) bond motifs is 1. The topological polar surface area (TPSA) is 47.6 Å². The predicted molar refractivity (Wildman–Crippen MR) is 106 cm³/mol. The molecule has 1 aliphatic heterocycles. The fraction of sp³-hybridized carbons (Fsp3) is 0.350. The van der Waals surface area contributed by atoms with Crippen LogP contribution < -0.4 is 10.1 Å². The minimum atomic E-state index is -0.715. The van der Waals surface area contributed by atoms with Crippen molar-refractivity contribution in [2.45, 2.75) is 38.4 Å². The third kappa shape index (κ3) is 3.99. The highest BCUT2D eigenvalue weighted by molar-refractivity contribution is 9.10. The van der Waals surface area contributed by atoms with Crippen molar-refractivity contribution < 1.29 is 14.3 Å². The van der Waals surface area contributed by atoms with Crippen LogP contribution in [0.3, 0.4) is 0 Å². The molecule has 0 aliphatic carbocycles. The molecule has 4 nitrogen and oxygen atoms in total. The van der Waals surface area contributed by atoms with Crippen LogP contribution in [0.25, 0.3) is 0 Å². The number of benzene rings is 2. The standard InChI is InChI=1S/C20H21BrClNO3/c1-19(2,3)26-18(24)23-12-20(14-7-5-4-6-8-14)11-13-9-10-15(22)16(21)17(13)25-20/h4-10H,11-12H2,1-3H3,(H,23,24). The number of hydrogen-bond donors (Lipinski definition) is 1. The van der Waals surface area contributed by atoms with Gasteiger partial charge < -0.3 is 14.8 Å². The van der Waals surface area contributed by atoms with E-state index in [0.717, 1.165) is 15.6 Å². The lowest BCUT2D eigenvalue weighted by Crippen LogP contribution is -2.45. The van der Waals surface area contributed by atoms with Gasteiger partial charge in [0, 0.05) is 6.42 Å². The number of carbonyl (C=O) groups excluding carboxylic acids is 1. The summed E-state index contributed by atoms with van der Waals surface area (Å²) in [5.41, 5.74) is 0.750. The lowest BCUT2D eigenvalue weighted by Gasteiger charge is -2.30. The van der Waals surface area contributed by atoms with Gasteiger partial charge in [-0.05, 0) is 53.9 Å². The summed E-state index contributed by atoms with van der Waals surface area (Å²) in [6.07, 6.45) is 0.155. The summed E-state index contributed by atoms with van der Waals surface area (Å²) in [4.78, 5) is 12.2. The molecule has 0 saturated heterocycles. The van der Waals surface area contributed by atoms with E-state index in [4.69, 9.17) is 21.1 Å². The Hall–Kier alpha value is -1.72. The van der Waals surface area contributed by atoms with Gasteiger partial charge in [0.05, 0.1) is 16.0 Å². The predicted octanol–water partition coefficient (Wildman–Crippen LogP) is 5.46. The summed E-state index contributed by atoms with van der Waals surface area (Å²) < 4.78 is 12.5. The highest BCUT2D eigenvalue weighted by Crippen LogP contribution is 2.47. The summed E-state index contributed by atoms with van der Waals surface area (Å²) >= 11 is 9.72. The summed E-state index contributed by atoms with van der Waals surface area (Å²) in [6, 6.07) is 13.7. The molecule has 2 aromatic rings. The van der Waals surface area contributed by atoms with Gasteiger partial charge in [-0.15, -0.1) is 0 Å². The zero-order chi connectivity index (χ0) is 18.9. The number of amides is 1. The smallest absolute Gasteiger partial charge is 0.407 e. The number of alkyl carbamates (subject to hydrolysis) is 1. The maximum absolute atomic E-state index is 12.2. The quantitative estimate of drug-likeness (QED) is 0.692. The normalized spacial score (nSPS) is 18.8. The maximum atomic E-state index is 12.2. The van der Waals surface area contributed by atoms with Crippen LogP contribution in [0.5, 0.6) is 5.75 Å². The van der Waals surface area contributed by atoms with Crippen molar-refractivity contribution in [3.05, 3.63) is 63.1 Å². The molecular weight excluding hydrogens is 418 g/mol. The van der Waals surface area contributed by atoms with Gasteiger partial charge in [-0.25, -0.2) is 4.79 Å². The summed E-state index contributed by atoms with van der Waals surface area (Å²) in [5.74, 6) is 0.715. The van der Waals surface area contributed by atoms with E-state index >= 15 is 0 Å². The number of hydrogen-bond acceptors (Lipinski definition) is 3. The Labute approximate surface area is 167 Å². The van der Waals surface area contributed by atoms with E-state index in [1.54, 1.807) is 0 Å². The Morgan fingerprint density at radius 1 is 1.27 bits per heavy atom. The van der Waals surface area contributed by atoms with Gasteiger partial charge in [0.25, 0.3) is 0 Å². The van der Waals surface area contributed by atoms with E-state index in [0.29, 0.717) is 17.2 Å². The fourth-order valence-corrected chi connectivity index (χ4v) is 3.61. The number of nitrogens with one attached hydrogen (secondary N) is 1. The minimum absolute atomic E-state index is 0.282. The molecule has 0 spiro atoms. The molecule has 0 fully saturated rings. The molecule has 6 heteroatoms. The molecule has 0 aromatic heterocycles. The molecule has 138 valence electrons. The summed E-state index contributed by atoms with van der Waals surface area (Å²) in [6.45, 7) is 5.78. The average molecular weight is 439 g/mol. The number of ether oxygens (including phenoxy) is 2. The molecule has 2 aromatic carbocycles. The van der Waals surface area contributed by atoms with Crippen LogP contribution >= 0.6 is 27.5 Å². The Morgan fingerprint density at radius 3 is 2.62 bits per heavy atom. The van der Waals surface area contributed by atoms with Gasteiger partial charge in [-0.1, -0.05) is 48.0 Å². The van der Waals surface area contributed by atoms with Crippen LogP contribution in [0.15, 0.2) is 46.9 Å². The van der Waals surface area contributed by atoms with Crippen molar-refractivity contribution in [2.24, 2.45) is 0 Å². The van der Waals surface area contributed by atoms with Crippen LogP contribution in [-0.4, -0.2) is 18.2 Å². The Kier molecular flexibility index (Phi) is 5.22. The van der Waals surface area contributed by atoms with E-state index < -0.39 is 17.3 Å². The molecule has 0 radical (unpaired) electrons. The molecule has 0 saturated carbocycles. The largest absolute Gasteiger partial charge is 0.479 e. The van der Waals surface area contributed by atoms with E-state index in [1.165, 1.54) is 0 Å². The third-order valence-electron chi connectivity index (χ3n) is 4.12. The molecule has 1 unspecified atom stereocenters. The van der Waals surface area contributed by atoms with Crippen molar-refractivity contribution in [2.75, 3.05) is 6.54 Å². The molecule has 1 N–H and O–H groups in total. The monoisotopic (exact) mass is 437 g/mol. The zero-order valence-corrected chi connectivity index (χ0v) is 17.3. The Morgan fingerprint density at radius 2 is 1.96 bits per heavy atom. The lowest BCUT2D eigenvalue weighted by atomic mass is 9.89. The third-order valence-corrected chi connectivity index (χ3v) is 5.45. The van der Waals surface area contributed by atoms with Crippen molar-refractivity contribution >= 4 is 33.6 Å². The molecule has 1 amide bonds. The van der Waals surface area contributed by atoms with Crippen molar-refractivity contribution in [3.8, 4) is 5.75 Å². The fourth-order valence-electron chi connectivity index (χ4n) is 2.99. The van der Waals surface area contributed by atoms with Gasteiger partial charge in [0.2, 0.25) is 0 Å². The van der Waals surface area contributed by atoms with Crippen LogP contribution in [0, 0.1) is 0 Å². The summed E-state index contributed by atoms with van der Waals surface area (Å²) in [5, 5.41) is 3.45. The van der Waals surface area contributed by atoms with Gasteiger partial charge in [-0.3, -0.25) is 0 Å². The highest BCUT2D eigenvalue weighted by atomic mass is 79.9. The SMILES string of the molecule is CC(C)(C)OC(=O)NCC1(c2ccccc2)Cc2ccc(Cl)c(Br)c2O1. The number of halogens is 2. The first-order chi connectivity index (χ1) is 12.2. The van der Waals surface area contributed by atoms with Crippen molar-refractivity contribution in [1.82, 2.24) is 5.32 Å². The van der Waals surface area contributed by atoms with Gasteiger partial charge in [-0.2, -0.15) is 0 Å². The van der Waals surface area contributed by atoms with Crippen LogP contribution in [0.2, 0.25) is 5.02 Å². The minimum Gasteiger partial charge on any atom is -0.479 e.